The summed E-state index contributed by atoms with van der Waals surface area (Å²) in [6, 6.07) is 5.50. The predicted octanol–water partition coefficient (Wildman–Crippen LogP) is 3.31. The van der Waals surface area contributed by atoms with Gasteiger partial charge in [0, 0.05) is 56.0 Å². The second-order valence-corrected chi connectivity index (χ2v) is 9.16. The molecule has 1 aliphatic heterocycles. The summed E-state index contributed by atoms with van der Waals surface area (Å²) in [7, 11) is 3.84. The Kier molecular flexibility index (Phi) is 6.37. The number of likely N-dealkylation sites (N-methyl/N-ethyl adjacent to an activating group) is 2. The summed E-state index contributed by atoms with van der Waals surface area (Å²) in [5.41, 5.74) is 4.66. The van der Waals surface area contributed by atoms with E-state index in [4.69, 9.17) is 4.74 Å². The summed E-state index contributed by atoms with van der Waals surface area (Å²) >= 11 is 0. The van der Waals surface area contributed by atoms with Crippen molar-refractivity contribution in [2.75, 3.05) is 26.8 Å². The third-order valence-corrected chi connectivity index (χ3v) is 7.47. The third kappa shape index (κ3) is 4.10. The van der Waals surface area contributed by atoms with E-state index < -0.39 is 6.04 Å². The van der Waals surface area contributed by atoms with Crippen LogP contribution in [0.5, 0.6) is 0 Å². The van der Waals surface area contributed by atoms with Gasteiger partial charge in [-0.2, -0.15) is 0 Å². The van der Waals surface area contributed by atoms with Crippen LogP contribution in [0.25, 0.3) is 10.9 Å². The van der Waals surface area contributed by atoms with E-state index in [-0.39, 0.29) is 11.8 Å². The van der Waals surface area contributed by atoms with Crippen molar-refractivity contribution in [3.05, 3.63) is 35.0 Å². The number of rotatable bonds is 5. The highest BCUT2D eigenvalue weighted by Gasteiger charge is 2.31. The SMILES string of the molecule is CCNC(=O)C(C)N(C)C(=O)c1ccc2c(c1)c1c(n2C)CCC(C2CCOCC2)C1. The topological polar surface area (TPSA) is 63.6 Å². The maximum atomic E-state index is 13.2. The summed E-state index contributed by atoms with van der Waals surface area (Å²) in [5, 5.41) is 3.99. The lowest BCUT2D eigenvalue weighted by atomic mass is 9.75. The number of fused-ring (bicyclic) bond motifs is 3. The van der Waals surface area contributed by atoms with Crippen LogP contribution in [0.3, 0.4) is 0 Å². The van der Waals surface area contributed by atoms with E-state index in [2.05, 4.69) is 23.0 Å². The highest BCUT2D eigenvalue weighted by atomic mass is 16.5. The Balaban J connectivity index is 1.62. The Bertz CT molecular complexity index is 974. The van der Waals surface area contributed by atoms with Gasteiger partial charge in [-0.1, -0.05) is 0 Å². The van der Waals surface area contributed by atoms with E-state index in [9.17, 15) is 9.59 Å². The van der Waals surface area contributed by atoms with Crippen molar-refractivity contribution in [1.29, 1.82) is 0 Å². The molecule has 2 amide bonds. The largest absolute Gasteiger partial charge is 0.381 e. The quantitative estimate of drug-likeness (QED) is 0.799. The Morgan fingerprint density at radius 1 is 1.23 bits per heavy atom. The van der Waals surface area contributed by atoms with Gasteiger partial charge < -0.3 is 19.5 Å². The van der Waals surface area contributed by atoms with E-state index in [1.54, 1.807) is 14.0 Å². The number of benzene rings is 1. The minimum absolute atomic E-state index is 0.116. The molecule has 4 rings (SSSR count). The van der Waals surface area contributed by atoms with Crippen LogP contribution < -0.4 is 5.32 Å². The first-order valence-electron chi connectivity index (χ1n) is 11.6. The van der Waals surface area contributed by atoms with Crippen LogP contribution in [0.2, 0.25) is 0 Å². The Morgan fingerprint density at radius 3 is 2.68 bits per heavy atom. The molecule has 0 saturated carbocycles. The fourth-order valence-corrected chi connectivity index (χ4v) is 5.41. The molecule has 0 spiro atoms. The normalized spacial score (nSPS) is 20.3. The van der Waals surface area contributed by atoms with Gasteiger partial charge in [-0.3, -0.25) is 9.59 Å². The average Bonchev–Trinajstić information content (AvgIpc) is 3.09. The molecule has 0 bridgehead atoms. The number of ether oxygens (including phenoxy) is 1. The maximum Gasteiger partial charge on any atom is 0.254 e. The van der Waals surface area contributed by atoms with Gasteiger partial charge in [0.15, 0.2) is 0 Å². The van der Waals surface area contributed by atoms with Crippen LogP contribution >= 0.6 is 0 Å². The van der Waals surface area contributed by atoms with Gasteiger partial charge in [0.05, 0.1) is 0 Å². The smallest absolute Gasteiger partial charge is 0.254 e. The molecule has 2 aliphatic rings. The zero-order chi connectivity index (χ0) is 22.1. The molecule has 168 valence electrons. The number of carbonyl (C=O) groups is 2. The van der Waals surface area contributed by atoms with E-state index in [1.807, 2.05) is 19.1 Å². The molecule has 1 aliphatic carbocycles. The molecule has 2 unspecified atom stereocenters. The lowest BCUT2D eigenvalue weighted by Gasteiger charge is -2.33. The van der Waals surface area contributed by atoms with E-state index >= 15 is 0 Å². The van der Waals surface area contributed by atoms with Crippen molar-refractivity contribution in [3.63, 3.8) is 0 Å². The maximum absolute atomic E-state index is 13.2. The molecular formula is C25H35N3O3. The first-order valence-corrected chi connectivity index (χ1v) is 11.6. The van der Waals surface area contributed by atoms with Crippen LogP contribution in [0.4, 0.5) is 0 Å². The number of hydrogen-bond donors (Lipinski definition) is 1. The van der Waals surface area contributed by atoms with Crippen LogP contribution in [-0.4, -0.2) is 54.1 Å². The number of aromatic nitrogens is 1. The van der Waals surface area contributed by atoms with Gasteiger partial charge in [0.25, 0.3) is 5.91 Å². The Hall–Kier alpha value is -2.34. The number of nitrogens with zero attached hydrogens (tertiary/aromatic N) is 2. The molecule has 1 fully saturated rings. The van der Waals surface area contributed by atoms with Crippen molar-refractivity contribution in [2.45, 2.75) is 52.0 Å². The van der Waals surface area contributed by atoms with Crippen molar-refractivity contribution in [3.8, 4) is 0 Å². The van der Waals surface area contributed by atoms with Crippen LogP contribution in [0, 0.1) is 11.8 Å². The molecule has 31 heavy (non-hydrogen) atoms. The number of hydrogen-bond acceptors (Lipinski definition) is 3. The summed E-state index contributed by atoms with van der Waals surface area (Å²) in [6.07, 6.45) is 5.74. The van der Waals surface area contributed by atoms with Crippen molar-refractivity contribution in [2.24, 2.45) is 18.9 Å². The molecule has 1 N–H and O–H groups in total. The number of aryl methyl sites for hydroxylation is 1. The number of amides is 2. The van der Waals surface area contributed by atoms with Crippen LogP contribution in [-0.2, 0) is 29.4 Å². The predicted molar refractivity (Wildman–Crippen MR) is 122 cm³/mol. The molecule has 2 heterocycles. The average molecular weight is 426 g/mol. The zero-order valence-electron chi connectivity index (χ0n) is 19.2. The second-order valence-electron chi connectivity index (χ2n) is 9.16. The van der Waals surface area contributed by atoms with Gasteiger partial charge in [-0.05, 0) is 81.5 Å². The second kappa shape index (κ2) is 9.03. The van der Waals surface area contributed by atoms with Gasteiger partial charge in [0.2, 0.25) is 5.91 Å². The van der Waals surface area contributed by atoms with E-state index in [1.165, 1.54) is 33.5 Å². The molecule has 0 radical (unpaired) electrons. The van der Waals surface area contributed by atoms with Gasteiger partial charge in [-0.25, -0.2) is 0 Å². The fraction of sp³-hybridized carbons (Fsp3) is 0.600. The molecule has 1 aromatic carbocycles. The molecule has 2 atom stereocenters. The Labute approximate surface area is 184 Å². The Morgan fingerprint density at radius 2 is 1.97 bits per heavy atom. The van der Waals surface area contributed by atoms with Crippen molar-refractivity contribution in [1.82, 2.24) is 14.8 Å². The highest BCUT2D eigenvalue weighted by molar-refractivity contribution is 6.01. The van der Waals surface area contributed by atoms with E-state index in [0.29, 0.717) is 18.0 Å². The summed E-state index contributed by atoms with van der Waals surface area (Å²) < 4.78 is 7.88. The van der Waals surface area contributed by atoms with Crippen LogP contribution in [0.1, 0.15) is 54.7 Å². The van der Waals surface area contributed by atoms with E-state index in [0.717, 1.165) is 44.8 Å². The summed E-state index contributed by atoms with van der Waals surface area (Å²) in [6.45, 7) is 5.98. The van der Waals surface area contributed by atoms with Crippen molar-refractivity contribution >= 4 is 22.7 Å². The fourth-order valence-electron chi connectivity index (χ4n) is 5.41. The first kappa shape index (κ1) is 21.9. The summed E-state index contributed by atoms with van der Waals surface area (Å²) in [5.74, 6) is 1.19. The zero-order valence-corrected chi connectivity index (χ0v) is 19.2. The molecule has 1 aromatic heterocycles. The standard InChI is InChI=1S/C25H35N3O3/c1-5-26-24(29)16(2)27(3)25(30)19-7-9-23-21(15-19)20-14-18(6-8-22(20)28(23)4)17-10-12-31-13-11-17/h7,9,15-18H,5-6,8,10-14H2,1-4H3,(H,26,29). The third-order valence-electron chi connectivity index (χ3n) is 7.47. The molecule has 6 nitrogen and oxygen atoms in total. The molecular weight excluding hydrogens is 390 g/mol. The summed E-state index contributed by atoms with van der Waals surface area (Å²) in [4.78, 5) is 26.9. The van der Waals surface area contributed by atoms with Crippen LogP contribution in [0.15, 0.2) is 18.2 Å². The molecule has 1 saturated heterocycles. The lowest BCUT2D eigenvalue weighted by Crippen LogP contribution is -2.45. The molecule has 2 aromatic rings. The first-order chi connectivity index (χ1) is 14.9. The van der Waals surface area contributed by atoms with Gasteiger partial charge >= 0.3 is 0 Å². The number of nitrogens with one attached hydrogen (secondary N) is 1. The molecule has 6 heteroatoms. The van der Waals surface area contributed by atoms with Crippen molar-refractivity contribution < 1.29 is 14.3 Å². The lowest BCUT2D eigenvalue weighted by molar-refractivity contribution is -0.124. The number of carbonyl (C=O) groups excluding carboxylic acids is 2. The minimum Gasteiger partial charge on any atom is -0.381 e. The van der Waals surface area contributed by atoms with Gasteiger partial charge in [0.1, 0.15) is 6.04 Å². The highest BCUT2D eigenvalue weighted by Crippen LogP contribution is 2.39. The monoisotopic (exact) mass is 425 g/mol. The minimum atomic E-state index is -0.509. The van der Waals surface area contributed by atoms with Gasteiger partial charge in [-0.15, -0.1) is 0 Å².